The van der Waals surface area contributed by atoms with Gasteiger partial charge in [-0.2, -0.15) is 0 Å². The van der Waals surface area contributed by atoms with E-state index in [1.165, 1.54) is 23.5 Å². The first kappa shape index (κ1) is 13.6. The molecule has 0 aliphatic rings. The van der Waals surface area contributed by atoms with E-state index in [0.717, 1.165) is 12.8 Å². The quantitative estimate of drug-likeness (QED) is 0.746. The second-order valence-electron chi connectivity index (χ2n) is 5.30. The second kappa shape index (κ2) is 5.87. The minimum atomic E-state index is 0.0274. The summed E-state index contributed by atoms with van der Waals surface area (Å²) in [6.07, 6.45) is 5.87. The summed E-state index contributed by atoms with van der Waals surface area (Å²) in [6.45, 7) is 6.43. The van der Waals surface area contributed by atoms with Gasteiger partial charge >= 0.3 is 0 Å². The highest BCUT2D eigenvalue weighted by Gasteiger charge is 2.07. The Bertz CT molecular complexity index is 646. The van der Waals surface area contributed by atoms with Gasteiger partial charge in [0.2, 0.25) is 0 Å². The summed E-state index contributed by atoms with van der Waals surface area (Å²) in [5, 5.41) is 0.675. The summed E-state index contributed by atoms with van der Waals surface area (Å²) in [7, 11) is 0. The van der Waals surface area contributed by atoms with Gasteiger partial charge in [-0.15, -0.1) is 0 Å². The lowest BCUT2D eigenvalue weighted by Crippen LogP contribution is -2.00. The molecular formula is C17H20O2. The summed E-state index contributed by atoms with van der Waals surface area (Å²) in [6, 6.07) is 7.39. The molecule has 0 N–H and O–H groups in total. The molecule has 0 unspecified atom stereocenters. The molecular weight excluding hydrogens is 236 g/mol. The number of rotatable bonds is 4. The average Bonchev–Trinajstić information content (AvgIpc) is 2.38. The van der Waals surface area contributed by atoms with Crippen LogP contribution in [0.1, 0.15) is 45.1 Å². The molecule has 100 valence electrons. The minimum absolute atomic E-state index is 0.0274. The maximum atomic E-state index is 11.8. The van der Waals surface area contributed by atoms with Gasteiger partial charge in [0.05, 0.1) is 11.6 Å². The molecule has 0 spiro atoms. The number of hydrogen-bond acceptors (Lipinski definition) is 2. The number of hydrogen-bond donors (Lipinski definition) is 0. The first-order valence-corrected chi connectivity index (χ1v) is 6.73. The predicted molar refractivity (Wildman–Crippen MR) is 79.6 cm³/mol. The van der Waals surface area contributed by atoms with E-state index in [9.17, 15) is 4.79 Å². The molecule has 1 heterocycles. The molecule has 1 aromatic heterocycles. The van der Waals surface area contributed by atoms with E-state index in [1.807, 2.05) is 12.1 Å². The maximum Gasteiger partial charge on any atom is 0.192 e. The van der Waals surface area contributed by atoms with Gasteiger partial charge in [0.25, 0.3) is 0 Å². The lowest BCUT2D eigenvalue weighted by atomic mass is 9.94. The second-order valence-corrected chi connectivity index (χ2v) is 5.30. The van der Waals surface area contributed by atoms with Crippen molar-refractivity contribution < 1.29 is 4.42 Å². The Hall–Kier alpha value is -1.83. The zero-order chi connectivity index (χ0) is 13.8. The van der Waals surface area contributed by atoms with Crippen molar-refractivity contribution in [3.05, 3.63) is 58.0 Å². The fourth-order valence-electron chi connectivity index (χ4n) is 2.20. The summed E-state index contributed by atoms with van der Waals surface area (Å²) in [5.74, 6) is 0.444. The zero-order valence-corrected chi connectivity index (χ0v) is 11.8. The molecule has 2 rings (SSSR count). The van der Waals surface area contributed by atoms with Crippen molar-refractivity contribution in [2.75, 3.05) is 0 Å². The van der Waals surface area contributed by atoms with Crippen molar-refractivity contribution in [2.45, 2.75) is 39.5 Å². The van der Waals surface area contributed by atoms with Crippen LogP contribution in [-0.2, 0) is 0 Å². The van der Waals surface area contributed by atoms with E-state index in [-0.39, 0.29) is 5.43 Å². The van der Waals surface area contributed by atoms with Gasteiger partial charge in [-0.3, -0.25) is 4.79 Å². The average molecular weight is 256 g/mol. The molecule has 0 aliphatic carbocycles. The van der Waals surface area contributed by atoms with Gasteiger partial charge < -0.3 is 4.42 Å². The van der Waals surface area contributed by atoms with E-state index >= 15 is 0 Å². The Labute approximate surface area is 113 Å². The fourth-order valence-corrected chi connectivity index (χ4v) is 2.20. The van der Waals surface area contributed by atoms with Crippen LogP contribution in [0.15, 0.2) is 51.4 Å². The van der Waals surface area contributed by atoms with Crippen LogP contribution < -0.4 is 5.43 Å². The molecule has 0 saturated heterocycles. The van der Waals surface area contributed by atoms with Crippen LogP contribution in [0.2, 0.25) is 0 Å². The number of benzene rings is 1. The van der Waals surface area contributed by atoms with Crippen molar-refractivity contribution in [1.82, 2.24) is 0 Å². The van der Waals surface area contributed by atoms with Crippen LogP contribution in [0.25, 0.3) is 11.0 Å². The standard InChI is InChI=1S/C17H20O2/c1-12(2)5-4-6-13(3)14-7-8-17-15(11-14)16(18)9-10-19-17/h5,7-11,13H,4,6H2,1-3H3/t13-/m0/s1. The lowest BCUT2D eigenvalue weighted by Gasteiger charge is -2.11. The van der Waals surface area contributed by atoms with Crippen LogP contribution >= 0.6 is 0 Å². The van der Waals surface area contributed by atoms with Gasteiger partial charge in [-0.1, -0.05) is 24.6 Å². The van der Waals surface area contributed by atoms with E-state index in [2.05, 4.69) is 32.9 Å². The first-order chi connectivity index (χ1) is 9.08. The highest BCUT2D eigenvalue weighted by molar-refractivity contribution is 5.77. The summed E-state index contributed by atoms with van der Waals surface area (Å²) in [5.41, 5.74) is 3.24. The summed E-state index contributed by atoms with van der Waals surface area (Å²) in [4.78, 5) is 11.8. The number of fused-ring (bicyclic) bond motifs is 1. The largest absolute Gasteiger partial charge is 0.464 e. The monoisotopic (exact) mass is 256 g/mol. The Morgan fingerprint density at radius 1 is 1.32 bits per heavy atom. The maximum absolute atomic E-state index is 11.8. The highest BCUT2D eigenvalue weighted by atomic mass is 16.3. The van der Waals surface area contributed by atoms with Gasteiger partial charge in [-0.05, 0) is 50.3 Å². The normalized spacial score (nSPS) is 12.4. The van der Waals surface area contributed by atoms with Crippen LogP contribution in [-0.4, -0.2) is 0 Å². The Kier molecular flexibility index (Phi) is 4.20. The Balaban J connectivity index is 2.23. The molecule has 1 aromatic carbocycles. The molecule has 0 amide bonds. The Morgan fingerprint density at radius 3 is 2.84 bits per heavy atom. The third kappa shape index (κ3) is 3.34. The highest BCUT2D eigenvalue weighted by Crippen LogP contribution is 2.23. The van der Waals surface area contributed by atoms with Gasteiger partial charge in [0, 0.05) is 6.07 Å². The molecule has 0 aliphatic heterocycles. The third-order valence-electron chi connectivity index (χ3n) is 3.40. The van der Waals surface area contributed by atoms with Crippen LogP contribution in [0.3, 0.4) is 0 Å². The van der Waals surface area contributed by atoms with Gasteiger partial charge in [-0.25, -0.2) is 0 Å². The van der Waals surface area contributed by atoms with E-state index < -0.39 is 0 Å². The molecule has 2 heteroatoms. The van der Waals surface area contributed by atoms with E-state index in [1.54, 1.807) is 0 Å². The first-order valence-electron chi connectivity index (χ1n) is 6.73. The van der Waals surface area contributed by atoms with E-state index in [0.29, 0.717) is 16.9 Å². The smallest absolute Gasteiger partial charge is 0.192 e. The third-order valence-corrected chi connectivity index (χ3v) is 3.40. The van der Waals surface area contributed by atoms with Crippen LogP contribution in [0.5, 0.6) is 0 Å². The zero-order valence-electron chi connectivity index (χ0n) is 11.8. The topological polar surface area (TPSA) is 30.2 Å². The molecule has 19 heavy (non-hydrogen) atoms. The molecule has 0 bridgehead atoms. The van der Waals surface area contributed by atoms with Crippen molar-refractivity contribution >= 4 is 11.0 Å². The van der Waals surface area contributed by atoms with Crippen LogP contribution in [0.4, 0.5) is 0 Å². The Morgan fingerprint density at radius 2 is 2.11 bits per heavy atom. The molecule has 1 atom stereocenters. The lowest BCUT2D eigenvalue weighted by molar-refractivity contribution is 0.602. The summed E-state index contributed by atoms with van der Waals surface area (Å²) < 4.78 is 5.33. The number of allylic oxidation sites excluding steroid dienone is 2. The molecule has 2 nitrogen and oxygen atoms in total. The summed E-state index contributed by atoms with van der Waals surface area (Å²) >= 11 is 0. The van der Waals surface area contributed by atoms with Crippen molar-refractivity contribution in [3.8, 4) is 0 Å². The van der Waals surface area contributed by atoms with Crippen molar-refractivity contribution in [2.24, 2.45) is 0 Å². The molecule has 0 fully saturated rings. The van der Waals surface area contributed by atoms with Gasteiger partial charge in [0.1, 0.15) is 5.58 Å². The van der Waals surface area contributed by atoms with Gasteiger partial charge in [0.15, 0.2) is 5.43 Å². The fraction of sp³-hybridized carbons (Fsp3) is 0.353. The van der Waals surface area contributed by atoms with E-state index in [4.69, 9.17) is 4.42 Å². The molecule has 0 radical (unpaired) electrons. The minimum Gasteiger partial charge on any atom is -0.464 e. The van der Waals surface area contributed by atoms with Crippen molar-refractivity contribution in [1.29, 1.82) is 0 Å². The molecule has 0 saturated carbocycles. The van der Waals surface area contributed by atoms with Crippen LogP contribution in [0, 0.1) is 0 Å². The SMILES string of the molecule is CC(C)=CCC[C@H](C)c1ccc2occc(=O)c2c1. The predicted octanol–water partition coefficient (Wildman–Crippen LogP) is 4.64. The van der Waals surface area contributed by atoms with Crippen molar-refractivity contribution in [3.63, 3.8) is 0 Å². The molecule has 2 aromatic rings.